The Bertz CT molecular complexity index is 935. The Hall–Kier alpha value is -3.19. The van der Waals surface area contributed by atoms with Gasteiger partial charge in [0.15, 0.2) is 17.4 Å². The Morgan fingerprint density at radius 1 is 1.15 bits per heavy atom. The van der Waals surface area contributed by atoms with Gasteiger partial charge in [0.1, 0.15) is 5.75 Å². The molecule has 1 aromatic heterocycles. The first-order chi connectivity index (χ1) is 12.5. The summed E-state index contributed by atoms with van der Waals surface area (Å²) >= 11 is 5.72. The second kappa shape index (κ2) is 7.79. The van der Waals surface area contributed by atoms with Gasteiger partial charge in [-0.25, -0.2) is 14.2 Å². The van der Waals surface area contributed by atoms with E-state index in [4.69, 9.17) is 21.1 Å². The summed E-state index contributed by atoms with van der Waals surface area (Å²) in [6.07, 6.45) is 0.858. The van der Waals surface area contributed by atoms with Crippen molar-refractivity contribution < 1.29 is 18.7 Å². The van der Waals surface area contributed by atoms with Gasteiger partial charge in [0.25, 0.3) is 0 Å². The molecule has 2 aromatic carbocycles. The number of nitrogens with zero attached hydrogens (tertiary/aromatic N) is 2. The molecule has 1 N–H and O–H groups in total. The van der Waals surface area contributed by atoms with Gasteiger partial charge in [0.2, 0.25) is 5.88 Å². The number of nitrogens with one attached hydrogen (secondary N) is 1. The van der Waals surface area contributed by atoms with E-state index in [2.05, 4.69) is 15.3 Å². The van der Waals surface area contributed by atoms with Crippen molar-refractivity contribution in [1.29, 1.82) is 0 Å². The monoisotopic (exact) mass is 373 g/mol. The lowest BCUT2D eigenvalue weighted by Gasteiger charge is -2.08. The van der Waals surface area contributed by atoms with E-state index in [-0.39, 0.29) is 11.6 Å². The highest BCUT2D eigenvalue weighted by Gasteiger charge is 2.09. The molecule has 0 unspecified atom stereocenters. The lowest BCUT2D eigenvalue weighted by Crippen LogP contribution is -2.22. The molecule has 0 aliphatic carbocycles. The van der Waals surface area contributed by atoms with E-state index >= 15 is 0 Å². The van der Waals surface area contributed by atoms with Gasteiger partial charge in [-0.15, -0.1) is 0 Å². The van der Waals surface area contributed by atoms with Gasteiger partial charge in [-0.2, -0.15) is 4.98 Å². The number of aromatic nitrogens is 2. The summed E-state index contributed by atoms with van der Waals surface area (Å²) in [4.78, 5) is 19.5. The van der Waals surface area contributed by atoms with Crippen LogP contribution in [-0.2, 0) is 0 Å². The van der Waals surface area contributed by atoms with Crippen LogP contribution in [0, 0.1) is 5.82 Å². The van der Waals surface area contributed by atoms with Crippen LogP contribution in [-0.4, -0.2) is 23.1 Å². The van der Waals surface area contributed by atoms with Gasteiger partial charge in [-0.3, -0.25) is 0 Å². The molecule has 0 bridgehead atoms. The molecule has 0 atom stereocenters. The van der Waals surface area contributed by atoms with Crippen LogP contribution in [0.2, 0.25) is 5.02 Å². The summed E-state index contributed by atoms with van der Waals surface area (Å²) in [6.45, 7) is 0. The van der Waals surface area contributed by atoms with E-state index in [9.17, 15) is 9.18 Å². The quantitative estimate of drug-likeness (QED) is 0.731. The lowest BCUT2D eigenvalue weighted by molar-refractivity contribution is 0.201. The second-order valence-electron chi connectivity index (χ2n) is 5.06. The third-order valence-corrected chi connectivity index (χ3v) is 3.50. The first-order valence-electron chi connectivity index (χ1n) is 7.51. The maximum atomic E-state index is 13.8. The van der Waals surface area contributed by atoms with E-state index < -0.39 is 11.9 Å². The number of hydrogen-bond donors (Lipinski definition) is 1. The molecule has 26 heavy (non-hydrogen) atoms. The van der Waals surface area contributed by atoms with Crippen LogP contribution in [0.5, 0.6) is 17.4 Å². The van der Waals surface area contributed by atoms with Crippen LogP contribution in [0.15, 0.2) is 54.7 Å². The first kappa shape index (κ1) is 17.6. The number of carbonyl (C=O) groups excluding carboxylic acids is 1. The van der Waals surface area contributed by atoms with Crippen molar-refractivity contribution in [2.45, 2.75) is 0 Å². The predicted octanol–water partition coefficient (Wildman–Crippen LogP) is 4.45. The van der Waals surface area contributed by atoms with Gasteiger partial charge >= 0.3 is 6.09 Å². The average Bonchev–Trinajstić information content (AvgIpc) is 2.65. The van der Waals surface area contributed by atoms with Crippen LogP contribution in [0.3, 0.4) is 0 Å². The number of amides is 1. The summed E-state index contributed by atoms with van der Waals surface area (Å²) in [5, 5.41) is 2.63. The van der Waals surface area contributed by atoms with Crippen molar-refractivity contribution in [3.8, 4) is 28.8 Å². The molecule has 3 aromatic rings. The largest absolute Gasteiger partial charge is 0.454 e. The number of ether oxygens (including phenoxy) is 2. The lowest BCUT2D eigenvalue weighted by atomic mass is 10.2. The molecule has 0 radical (unpaired) electrons. The van der Waals surface area contributed by atoms with E-state index in [0.29, 0.717) is 22.2 Å². The van der Waals surface area contributed by atoms with Crippen molar-refractivity contribution in [3.63, 3.8) is 0 Å². The van der Waals surface area contributed by atoms with Gasteiger partial charge in [0, 0.05) is 29.9 Å². The third-order valence-electron chi connectivity index (χ3n) is 3.27. The molecule has 0 saturated heterocycles. The number of carbonyl (C=O) groups is 1. The molecular weight excluding hydrogens is 361 g/mol. The number of benzene rings is 2. The minimum Gasteiger partial charge on any atom is -0.454 e. The molecule has 6 nitrogen and oxygen atoms in total. The van der Waals surface area contributed by atoms with Gasteiger partial charge < -0.3 is 14.8 Å². The summed E-state index contributed by atoms with van der Waals surface area (Å²) in [6, 6.07) is 12.4. The minimum atomic E-state index is -0.622. The molecule has 0 aliphatic heterocycles. The zero-order valence-electron chi connectivity index (χ0n) is 13.6. The average molecular weight is 374 g/mol. The van der Waals surface area contributed by atoms with Crippen LogP contribution in [0.25, 0.3) is 11.4 Å². The normalized spacial score (nSPS) is 10.3. The smallest absolute Gasteiger partial charge is 0.413 e. The highest BCUT2D eigenvalue weighted by Crippen LogP contribution is 2.28. The zero-order chi connectivity index (χ0) is 18.5. The van der Waals surface area contributed by atoms with Gasteiger partial charge in [0.05, 0.1) is 0 Å². The molecule has 1 heterocycles. The summed E-state index contributed by atoms with van der Waals surface area (Å²) in [5.41, 5.74) is 0.677. The summed E-state index contributed by atoms with van der Waals surface area (Å²) in [7, 11) is 1.45. The molecule has 1 amide bonds. The summed E-state index contributed by atoms with van der Waals surface area (Å²) < 4.78 is 24.2. The van der Waals surface area contributed by atoms with Crippen molar-refractivity contribution in [2.24, 2.45) is 0 Å². The molecule has 0 fully saturated rings. The highest BCUT2D eigenvalue weighted by molar-refractivity contribution is 6.30. The number of rotatable bonds is 4. The van der Waals surface area contributed by atoms with Crippen molar-refractivity contribution >= 4 is 17.7 Å². The van der Waals surface area contributed by atoms with Gasteiger partial charge in [-0.1, -0.05) is 11.6 Å². The highest BCUT2D eigenvalue weighted by atomic mass is 35.5. The maximum absolute atomic E-state index is 13.8. The van der Waals surface area contributed by atoms with Crippen LogP contribution < -0.4 is 14.8 Å². The topological polar surface area (TPSA) is 73.3 Å². The van der Waals surface area contributed by atoms with Crippen LogP contribution >= 0.6 is 11.6 Å². The Labute approximate surface area is 153 Å². The molecular formula is C18H13ClFN3O3. The fraction of sp³-hybridized carbons (Fsp3) is 0.0556. The number of hydrogen-bond acceptors (Lipinski definition) is 5. The molecule has 0 saturated carbocycles. The van der Waals surface area contributed by atoms with E-state index in [1.807, 2.05) is 0 Å². The molecule has 0 aliphatic rings. The van der Waals surface area contributed by atoms with E-state index in [1.54, 1.807) is 30.3 Å². The maximum Gasteiger partial charge on any atom is 0.413 e. The summed E-state index contributed by atoms with van der Waals surface area (Å²) in [5.74, 6) is 0.449. The Kier molecular flexibility index (Phi) is 5.28. The Balaban J connectivity index is 1.77. The molecule has 132 valence electrons. The standard InChI is InChI=1S/C18H13ClFN3O3/c1-21-18(24)26-16-8-9-22-17(23-16)11-2-5-13(6-3-11)25-15-7-4-12(19)10-14(15)20/h2-10H,1H3,(H,21,24). The Morgan fingerprint density at radius 2 is 1.92 bits per heavy atom. The van der Waals surface area contributed by atoms with Crippen LogP contribution in [0.4, 0.5) is 9.18 Å². The fourth-order valence-electron chi connectivity index (χ4n) is 2.04. The van der Waals surface area contributed by atoms with Crippen molar-refractivity contribution in [1.82, 2.24) is 15.3 Å². The van der Waals surface area contributed by atoms with E-state index in [1.165, 1.54) is 31.4 Å². The molecule has 8 heteroatoms. The fourth-order valence-corrected chi connectivity index (χ4v) is 2.20. The second-order valence-corrected chi connectivity index (χ2v) is 5.50. The predicted molar refractivity (Wildman–Crippen MR) is 94.0 cm³/mol. The third kappa shape index (κ3) is 4.25. The molecule has 3 rings (SSSR count). The minimum absolute atomic E-state index is 0.0689. The first-order valence-corrected chi connectivity index (χ1v) is 7.89. The zero-order valence-corrected chi connectivity index (χ0v) is 14.3. The Morgan fingerprint density at radius 3 is 2.62 bits per heavy atom. The SMILES string of the molecule is CNC(=O)Oc1ccnc(-c2ccc(Oc3ccc(Cl)cc3F)cc2)n1. The van der Waals surface area contributed by atoms with Crippen LogP contribution in [0.1, 0.15) is 0 Å². The van der Waals surface area contributed by atoms with Crippen molar-refractivity contribution in [2.75, 3.05) is 7.05 Å². The van der Waals surface area contributed by atoms with E-state index in [0.717, 1.165) is 0 Å². The number of halogens is 2. The van der Waals surface area contributed by atoms with Gasteiger partial charge in [-0.05, 0) is 42.5 Å². The van der Waals surface area contributed by atoms with Crippen molar-refractivity contribution in [3.05, 3.63) is 65.6 Å². The molecule has 0 spiro atoms.